The zero-order valence-electron chi connectivity index (χ0n) is 37.7. The molecule has 0 spiro atoms. The van der Waals surface area contributed by atoms with Crippen LogP contribution < -0.4 is 35.6 Å². The van der Waals surface area contributed by atoms with Gasteiger partial charge in [-0.05, 0) is 97.7 Å². The summed E-state index contributed by atoms with van der Waals surface area (Å²) in [4.78, 5) is 88.3. The van der Waals surface area contributed by atoms with Crippen molar-refractivity contribution in [3.8, 4) is 28.8 Å². The molecule has 1 atom stereocenters. The predicted molar refractivity (Wildman–Crippen MR) is 252 cm³/mol. The highest BCUT2D eigenvalue weighted by atomic mass is 16.5. The van der Waals surface area contributed by atoms with Crippen molar-refractivity contribution < 1.29 is 43.0 Å². The number of rotatable bonds is 19. The summed E-state index contributed by atoms with van der Waals surface area (Å²) in [6, 6.07) is 30.5. The second kappa shape index (κ2) is 22.5. The average molecular weight is 934 g/mol. The molecule has 18 nitrogen and oxygen atoms in total. The van der Waals surface area contributed by atoms with Crippen molar-refractivity contribution in [2.75, 3.05) is 43.2 Å². The second-order valence-corrected chi connectivity index (χ2v) is 16.7. The maximum atomic E-state index is 13.9. The monoisotopic (exact) mass is 933 g/mol. The average Bonchev–Trinajstić information content (AvgIpc) is 3.63. The minimum Gasteiger partial charge on any atom is -0.483 e. The number of hydrogen-bond donors (Lipinski definition) is 4. The van der Waals surface area contributed by atoms with E-state index in [4.69, 9.17) is 19.5 Å². The van der Waals surface area contributed by atoms with E-state index < -0.39 is 42.2 Å². The first kappa shape index (κ1) is 47.3. The number of aromatic nitrogens is 2. The first-order valence-corrected chi connectivity index (χ1v) is 22.9. The Labute approximate surface area is 398 Å². The van der Waals surface area contributed by atoms with Gasteiger partial charge in [0.2, 0.25) is 17.7 Å². The normalized spacial score (nSPS) is 17.6. The third-order valence-corrected chi connectivity index (χ3v) is 12.1. The van der Waals surface area contributed by atoms with Gasteiger partial charge in [0, 0.05) is 62.3 Å². The maximum Gasteiger partial charge on any atom is 0.322 e. The number of nitrogens with one attached hydrogen (secondary N) is 4. The van der Waals surface area contributed by atoms with Gasteiger partial charge in [0.05, 0.1) is 23.3 Å². The number of hydrogen-bond acceptors (Lipinski definition) is 13. The van der Waals surface area contributed by atoms with E-state index >= 15 is 0 Å². The van der Waals surface area contributed by atoms with Gasteiger partial charge in [-0.1, -0.05) is 48.5 Å². The summed E-state index contributed by atoms with van der Waals surface area (Å²) < 4.78 is 17.2. The van der Waals surface area contributed by atoms with E-state index in [0.717, 1.165) is 58.8 Å². The van der Waals surface area contributed by atoms with Gasteiger partial charge in [0.25, 0.3) is 17.7 Å². The van der Waals surface area contributed by atoms with Gasteiger partial charge >= 0.3 is 6.03 Å². The van der Waals surface area contributed by atoms with Crippen LogP contribution in [-0.2, 0) is 25.7 Å². The molecule has 3 aliphatic rings. The highest BCUT2D eigenvalue weighted by molar-refractivity contribution is 6.24. The van der Waals surface area contributed by atoms with Crippen LogP contribution in [0.4, 0.5) is 16.3 Å². The van der Waals surface area contributed by atoms with E-state index in [9.17, 15) is 28.8 Å². The van der Waals surface area contributed by atoms with E-state index in [1.165, 1.54) is 18.2 Å². The Balaban J connectivity index is 0.769. The van der Waals surface area contributed by atoms with Crippen LogP contribution in [-0.4, -0.2) is 102 Å². The molecule has 7 amide bonds. The number of pyridine rings is 2. The first-order valence-electron chi connectivity index (χ1n) is 22.9. The van der Waals surface area contributed by atoms with Gasteiger partial charge < -0.3 is 30.2 Å². The van der Waals surface area contributed by atoms with E-state index in [0.29, 0.717) is 37.6 Å². The summed E-state index contributed by atoms with van der Waals surface area (Å²) in [6.07, 6.45) is 7.05. The molecule has 354 valence electrons. The number of fused-ring (bicyclic) bond motifs is 1. The molecule has 2 fully saturated rings. The minimum atomic E-state index is -1.11. The maximum absolute atomic E-state index is 13.9. The quantitative estimate of drug-likeness (QED) is 0.0589. The summed E-state index contributed by atoms with van der Waals surface area (Å²) in [5, 5.41) is 20.6. The summed E-state index contributed by atoms with van der Waals surface area (Å²) in [6.45, 7) is 1.17. The molecule has 1 unspecified atom stereocenters. The van der Waals surface area contributed by atoms with E-state index in [1.54, 1.807) is 18.5 Å². The van der Waals surface area contributed by atoms with Crippen LogP contribution in [0.3, 0.4) is 0 Å². The number of nitrogens with zero attached hydrogens (tertiary/aromatic N) is 5. The van der Waals surface area contributed by atoms with Crippen LogP contribution >= 0.6 is 0 Å². The van der Waals surface area contributed by atoms with Gasteiger partial charge in [-0.15, -0.1) is 0 Å². The fourth-order valence-electron chi connectivity index (χ4n) is 8.58. The molecular weight excluding hydrogens is 883 g/mol. The van der Waals surface area contributed by atoms with Gasteiger partial charge in [-0.25, -0.2) is 14.8 Å². The number of benzene rings is 3. The molecule has 1 saturated carbocycles. The first-order chi connectivity index (χ1) is 33.6. The smallest absolute Gasteiger partial charge is 0.322 e. The molecule has 18 heteroatoms. The Hall–Kier alpha value is -8.17. The lowest BCUT2D eigenvalue weighted by Gasteiger charge is -2.37. The lowest BCUT2D eigenvalue weighted by molar-refractivity contribution is -0.136. The molecule has 0 radical (unpaired) electrons. The van der Waals surface area contributed by atoms with E-state index in [-0.39, 0.29) is 61.0 Å². The van der Waals surface area contributed by atoms with Crippen LogP contribution in [0.2, 0.25) is 0 Å². The number of urea groups is 1. The number of ether oxygens (including phenoxy) is 3. The minimum absolute atomic E-state index is 0.00204. The Morgan fingerprint density at radius 1 is 0.812 bits per heavy atom. The van der Waals surface area contributed by atoms with Crippen LogP contribution in [0.5, 0.6) is 11.6 Å². The molecule has 4 heterocycles. The van der Waals surface area contributed by atoms with Crippen LogP contribution in [0, 0.1) is 11.3 Å². The molecule has 5 aromatic rings. The van der Waals surface area contributed by atoms with E-state index in [2.05, 4.69) is 37.3 Å². The predicted octanol–water partition coefficient (Wildman–Crippen LogP) is 5.54. The number of piperidine rings is 1. The summed E-state index contributed by atoms with van der Waals surface area (Å²) in [7, 11) is 0. The lowest BCUT2D eigenvalue weighted by Crippen LogP contribution is -2.54. The third kappa shape index (κ3) is 11.9. The van der Waals surface area contributed by atoms with E-state index in [1.807, 2.05) is 77.7 Å². The van der Waals surface area contributed by atoms with Crippen LogP contribution in [0.1, 0.15) is 76.8 Å². The Morgan fingerprint density at radius 3 is 2.38 bits per heavy atom. The third-order valence-electron chi connectivity index (χ3n) is 12.1. The molecule has 2 aromatic heterocycles. The number of carbonyl (C=O) groups is 6. The highest BCUT2D eigenvalue weighted by Gasteiger charge is 2.46. The van der Waals surface area contributed by atoms with Crippen molar-refractivity contribution in [1.29, 1.82) is 5.26 Å². The Kier molecular flexibility index (Phi) is 15.5. The zero-order chi connectivity index (χ0) is 48.1. The summed E-state index contributed by atoms with van der Waals surface area (Å²) >= 11 is 0. The van der Waals surface area contributed by atoms with Crippen molar-refractivity contribution in [2.24, 2.45) is 0 Å². The SMILES string of the molecule is N#Cc1ccc(NC2CCC(N(C(=O)NCc3ccccc3)c3ccc(-c4ccnc(OCCOCCCNC(=O)COc5cccc6c5C(=O)N(C5CCC(=O)NC5=O)C6=O)c4)cc3)CC2)nc1. The number of nitriles is 1. The summed E-state index contributed by atoms with van der Waals surface area (Å²) in [5.41, 5.74) is 4.15. The van der Waals surface area contributed by atoms with Crippen molar-refractivity contribution in [3.05, 3.63) is 132 Å². The second-order valence-electron chi connectivity index (χ2n) is 16.7. The molecule has 3 aromatic carbocycles. The highest BCUT2D eigenvalue weighted by Crippen LogP contribution is 2.34. The van der Waals surface area contributed by atoms with Crippen LogP contribution in [0.15, 0.2) is 109 Å². The number of amides is 7. The Bertz CT molecular complexity index is 2700. The van der Waals surface area contributed by atoms with Crippen molar-refractivity contribution in [2.45, 2.75) is 69.6 Å². The summed E-state index contributed by atoms with van der Waals surface area (Å²) in [5.74, 6) is -1.81. The molecule has 1 aliphatic carbocycles. The zero-order valence-corrected chi connectivity index (χ0v) is 37.7. The van der Waals surface area contributed by atoms with Gasteiger partial charge in [0.1, 0.15) is 30.3 Å². The fourth-order valence-corrected chi connectivity index (χ4v) is 8.58. The standard InChI is InChI=1S/C51H51N9O9/c52-29-34-10-20-43(55-31-34)57-37-13-17-39(18-14-37)59(51(66)56-30-33-6-2-1-3-7-33)38-15-11-35(12-16-38)36-22-24-54-46(28-36)68-27-26-67-25-5-23-53-45(62)32-69-42-9-4-8-40-47(42)50(65)60(49(40)64)41-19-21-44(61)58-48(41)63/h1-4,6-12,15-16,20,22,24,28,31,37,39,41H,5,13-14,17-19,21,23,25-27,30,32H2,(H,53,62)(H,55,57)(H,56,66)(H,58,61,63). The number of imide groups is 2. The van der Waals surface area contributed by atoms with Crippen molar-refractivity contribution >= 4 is 47.1 Å². The topological polar surface area (TPSA) is 234 Å². The lowest BCUT2D eigenvalue weighted by atomic mass is 9.89. The molecule has 8 rings (SSSR count). The largest absolute Gasteiger partial charge is 0.483 e. The van der Waals surface area contributed by atoms with Gasteiger partial charge in [-0.2, -0.15) is 5.26 Å². The molecule has 2 aliphatic heterocycles. The fraction of sp³-hybridized carbons (Fsp3) is 0.314. The van der Waals surface area contributed by atoms with Crippen LogP contribution in [0.25, 0.3) is 11.1 Å². The Morgan fingerprint density at radius 2 is 1.62 bits per heavy atom. The molecule has 69 heavy (non-hydrogen) atoms. The van der Waals surface area contributed by atoms with Gasteiger partial charge in [0.15, 0.2) is 6.61 Å². The van der Waals surface area contributed by atoms with Gasteiger partial charge in [-0.3, -0.25) is 39.1 Å². The molecule has 4 N–H and O–H groups in total. The molecule has 0 bridgehead atoms. The molecule has 1 saturated heterocycles. The number of carbonyl (C=O) groups excluding carboxylic acids is 6. The molecular formula is C51H51N9O9. The van der Waals surface area contributed by atoms with Crippen molar-refractivity contribution in [1.82, 2.24) is 30.8 Å². The van der Waals surface area contributed by atoms with Crippen molar-refractivity contribution in [3.63, 3.8) is 0 Å². The number of anilines is 2.